The number of allylic oxidation sites excluding steroid dienone is 2. The van der Waals surface area contributed by atoms with Gasteiger partial charge in [0, 0.05) is 18.3 Å². The van der Waals surface area contributed by atoms with Gasteiger partial charge in [-0.25, -0.2) is 0 Å². The number of Topliss-reactive ketones (excluding diaryl/α,β-unsaturated/α-hetero) is 1. The van der Waals surface area contributed by atoms with E-state index in [-0.39, 0.29) is 56.7 Å². The van der Waals surface area contributed by atoms with Gasteiger partial charge in [0.15, 0.2) is 5.78 Å². The SMILES string of the molecule is CC(C(=O)O)c1ccc(CC2CCCC2=O)cc1.CC1(C)[C@@H](O)CC[C@]2(C)[C@H]3C(=O)C=C4[C@@H]5C[C@@](C)(C(=O)O)CC[C@]5(C)CC[C@@]4(C)[C@]3(C)CC[C@@H]12. The van der Waals surface area contributed by atoms with Crippen LogP contribution in [0.4, 0.5) is 0 Å². The normalized spacial score (nSPS) is 42.6. The first-order chi connectivity index (χ1) is 24.1. The summed E-state index contributed by atoms with van der Waals surface area (Å²) < 4.78 is 0. The van der Waals surface area contributed by atoms with Crippen molar-refractivity contribution < 1.29 is 34.5 Å². The van der Waals surface area contributed by atoms with Crippen molar-refractivity contribution in [2.75, 3.05) is 0 Å². The standard InChI is InChI=1S/C30H46O4.C15H18O3/c1-25(2)21-8-11-30(7)23(28(21,5)10-9-22(25)32)20(31)16-18-19-17-27(4,24(33)34)13-12-26(19,3)14-15-29(18,30)6;1-10(15(17)18)12-7-5-11(6-8-12)9-13-3-2-4-14(13)16/h16,19,21-23,32H,8-15,17H2,1-7H3,(H,33,34);5-8,10,13H,2-4,9H2,1H3,(H,17,18)/t19-,21-,22-,23+,26+,27-,28-,29+,30+;/m0./s1. The van der Waals surface area contributed by atoms with Crippen molar-refractivity contribution in [3.63, 3.8) is 0 Å². The summed E-state index contributed by atoms with van der Waals surface area (Å²) in [4.78, 5) is 48.9. The van der Waals surface area contributed by atoms with Crippen molar-refractivity contribution in [2.45, 2.75) is 151 Å². The van der Waals surface area contributed by atoms with Crippen molar-refractivity contribution in [1.82, 2.24) is 0 Å². The average Bonchev–Trinajstić information content (AvgIpc) is 3.48. The number of hydrogen-bond donors (Lipinski definition) is 3. The Bertz CT molecular complexity index is 1640. The minimum atomic E-state index is -0.811. The number of aliphatic hydroxyl groups excluding tert-OH is 1. The van der Waals surface area contributed by atoms with Crippen LogP contribution >= 0.6 is 0 Å². The van der Waals surface area contributed by atoms with E-state index in [1.165, 1.54) is 5.57 Å². The van der Waals surface area contributed by atoms with E-state index >= 15 is 0 Å². The second kappa shape index (κ2) is 13.2. The highest BCUT2D eigenvalue weighted by Gasteiger charge is 2.70. The second-order valence-electron chi connectivity index (χ2n) is 20.0. The van der Waals surface area contributed by atoms with Crippen LogP contribution in [0.1, 0.15) is 149 Å². The van der Waals surface area contributed by atoms with Crippen LogP contribution in [0.25, 0.3) is 0 Å². The predicted molar refractivity (Wildman–Crippen MR) is 202 cm³/mol. The zero-order chi connectivity index (χ0) is 38.2. The summed E-state index contributed by atoms with van der Waals surface area (Å²) in [6, 6.07) is 7.60. The number of benzene rings is 1. The molecule has 2 unspecified atom stereocenters. The molecule has 6 aliphatic carbocycles. The quantitative estimate of drug-likeness (QED) is 0.277. The van der Waals surface area contributed by atoms with Gasteiger partial charge in [0.1, 0.15) is 5.78 Å². The highest BCUT2D eigenvalue weighted by molar-refractivity contribution is 5.95. The van der Waals surface area contributed by atoms with Gasteiger partial charge < -0.3 is 15.3 Å². The van der Waals surface area contributed by atoms with Crippen LogP contribution < -0.4 is 0 Å². The van der Waals surface area contributed by atoms with E-state index in [1.807, 2.05) is 37.3 Å². The molecule has 7 nitrogen and oxygen atoms in total. The van der Waals surface area contributed by atoms with E-state index in [1.54, 1.807) is 6.92 Å². The number of carbonyl (C=O) groups excluding carboxylic acids is 2. The molecular formula is C45H64O7. The third-order valence-corrected chi connectivity index (χ3v) is 16.8. The van der Waals surface area contributed by atoms with Crippen molar-refractivity contribution in [3.05, 3.63) is 47.0 Å². The molecule has 5 fully saturated rings. The molecule has 7 heteroatoms. The lowest BCUT2D eigenvalue weighted by Crippen LogP contribution is -2.66. The fourth-order valence-electron chi connectivity index (χ4n) is 12.8. The molecule has 286 valence electrons. The second-order valence-corrected chi connectivity index (χ2v) is 20.0. The highest BCUT2D eigenvalue weighted by atomic mass is 16.4. The van der Waals surface area contributed by atoms with E-state index in [2.05, 4.69) is 41.5 Å². The van der Waals surface area contributed by atoms with Gasteiger partial charge >= 0.3 is 11.9 Å². The molecule has 0 heterocycles. The molecule has 52 heavy (non-hydrogen) atoms. The van der Waals surface area contributed by atoms with E-state index < -0.39 is 23.3 Å². The molecule has 0 aliphatic heterocycles. The number of carbonyl (C=O) groups is 4. The predicted octanol–water partition coefficient (Wildman–Crippen LogP) is 9.20. The maximum absolute atomic E-state index is 14.2. The van der Waals surface area contributed by atoms with E-state index in [4.69, 9.17) is 5.11 Å². The van der Waals surface area contributed by atoms with Gasteiger partial charge in [0.2, 0.25) is 0 Å². The molecule has 0 amide bonds. The van der Waals surface area contributed by atoms with E-state index in [0.29, 0.717) is 18.1 Å². The Labute approximate surface area is 311 Å². The number of ketones is 2. The molecule has 11 atom stereocenters. The van der Waals surface area contributed by atoms with Crippen molar-refractivity contribution in [3.8, 4) is 0 Å². The number of hydrogen-bond acceptors (Lipinski definition) is 5. The van der Waals surface area contributed by atoms with Crippen LogP contribution in [0.5, 0.6) is 0 Å². The van der Waals surface area contributed by atoms with Crippen molar-refractivity contribution in [1.29, 1.82) is 0 Å². The fourth-order valence-corrected chi connectivity index (χ4v) is 12.8. The molecule has 0 bridgehead atoms. The summed E-state index contributed by atoms with van der Waals surface area (Å²) in [7, 11) is 0. The third kappa shape index (κ3) is 6.04. The van der Waals surface area contributed by atoms with Crippen LogP contribution in [-0.4, -0.2) is 44.9 Å². The van der Waals surface area contributed by atoms with Crippen molar-refractivity contribution >= 4 is 23.5 Å². The van der Waals surface area contributed by atoms with Gasteiger partial charge in [-0.15, -0.1) is 0 Å². The summed E-state index contributed by atoms with van der Waals surface area (Å²) in [6.07, 6.45) is 13.5. The van der Waals surface area contributed by atoms with Crippen molar-refractivity contribution in [2.24, 2.45) is 56.2 Å². The number of rotatable bonds is 5. The first-order valence-electron chi connectivity index (χ1n) is 20.1. The zero-order valence-corrected chi connectivity index (χ0v) is 33.0. The Morgan fingerprint density at radius 1 is 0.846 bits per heavy atom. The maximum atomic E-state index is 14.2. The lowest BCUT2D eigenvalue weighted by atomic mass is 9.33. The average molecular weight is 717 g/mol. The summed E-state index contributed by atoms with van der Waals surface area (Å²) in [5.41, 5.74) is 2.07. The zero-order valence-electron chi connectivity index (χ0n) is 33.0. The van der Waals surface area contributed by atoms with Gasteiger partial charge in [-0.1, -0.05) is 71.4 Å². The monoisotopic (exact) mass is 716 g/mol. The third-order valence-electron chi connectivity index (χ3n) is 16.8. The first kappa shape index (κ1) is 38.9. The van der Waals surface area contributed by atoms with Gasteiger partial charge in [-0.2, -0.15) is 0 Å². The summed E-state index contributed by atoms with van der Waals surface area (Å²) >= 11 is 0. The lowest BCUT2D eigenvalue weighted by Gasteiger charge is -2.70. The number of carboxylic acid groups (broad SMARTS) is 2. The molecule has 0 spiro atoms. The Morgan fingerprint density at radius 2 is 1.50 bits per heavy atom. The topological polar surface area (TPSA) is 129 Å². The van der Waals surface area contributed by atoms with Crippen LogP contribution in [0.2, 0.25) is 0 Å². The molecule has 7 rings (SSSR count). The van der Waals surface area contributed by atoms with Crippen LogP contribution in [0.3, 0.4) is 0 Å². The molecule has 0 saturated heterocycles. The number of fused-ring (bicyclic) bond motifs is 7. The Kier molecular flexibility index (Phi) is 9.88. The molecule has 3 N–H and O–H groups in total. The fraction of sp³-hybridized carbons (Fsp3) is 0.733. The molecule has 1 aromatic rings. The molecule has 6 aliphatic rings. The Morgan fingerprint density at radius 3 is 2.10 bits per heavy atom. The summed E-state index contributed by atoms with van der Waals surface area (Å²) in [5, 5.41) is 29.8. The molecule has 5 saturated carbocycles. The number of aliphatic hydroxyl groups is 1. The van der Waals surface area contributed by atoms with Gasteiger partial charge in [-0.05, 0) is 147 Å². The molecule has 1 aromatic carbocycles. The van der Waals surface area contributed by atoms with E-state index in [0.717, 1.165) is 88.2 Å². The smallest absolute Gasteiger partial charge is 0.310 e. The van der Waals surface area contributed by atoms with Crippen LogP contribution in [0.15, 0.2) is 35.9 Å². The minimum Gasteiger partial charge on any atom is -0.481 e. The first-order valence-corrected chi connectivity index (χ1v) is 20.1. The van der Waals surface area contributed by atoms with Gasteiger partial charge in [0.05, 0.1) is 17.4 Å². The number of aliphatic carboxylic acids is 2. The molecule has 0 radical (unpaired) electrons. The molecule has 0 aromatic heterocycles. The minimum absolute atomic E-state index is 0.0296. The Hall–Kier alpha value is -2.80. The highest BCUT2D eigenvalue weighted by Crippen LogP contribution is 2.75. The van der Waals surface area contributed by atoms with E-state index in [9.17, 15) is 29.4 Å². The lowest BCUT2D eigenvalue weighted by molar-refractivity contribution is -0.202. The number of carboxylic acids is 2. The maximum Gasteiger partial charge on any atom is 0.310 e. The van der Waals surface area contributed by atoms with Crippen LogP contribution in [-0.2, 0) is 25.6 Å². The summed E-state index contributed by atoms with van der Waals surface area (Å²) in [6.45, 7) is 17.5. The Balaban J connectivity index is 0.000000217. The van der Waals surface area contributed by atoms with Gasteiger partial charge in [0.25, 0.3) is 0 Å². The van der Waals surface area contributed by atoms with Gasteiger partial charge in [-0.3, -0.25) is 19.2 Å². The largest absolute Gasteiger partial charge is 0.481 e. The summed E-state index contributed by atoms with van der Waals surface area (Å²) in [5.74, 6) is -0.684. The molecular weight excluding hydrogens is 652 g/mol. The van der Waals surface area contributed by atoms with Crippen LogP contribution in [0, 0.1) is 56.2 Å².